The molecule has 116 valence electrons. The van der Waals surface area contributed by atoms with Gasteiger partial charge in [-0.1, -0.05) is 0 Å². The summed E-state index contributed by atoms with van der Waals surface area (Å²) in [5.74, 6) is 0.732. The maximum Gasteiger partial charge on any atom is 0.222 e. The van der Waals surface area contributed by atoms with Gasteiger partial charge in [-0.3, -0.25) is 9.78 Å². The van der Waals surface area contributed by atoms with Crippen LogP contribution in [0.1, 0.15) is 6.42 Å². The van der Waals surface area contributed by atoms with Crippen LogP contribution in [0.15, 0.2) is 24.8 Å². The molecule has 0 saturated carbocycles. The van der Waals surface area contributed by atoms with Gasteiger partial charge in [0.25, 0.3) is 0 Å². The molecule has 1 aliphatic rings. The van der Waals surface area contributed by atoms with Crippen LogP contribution in [0.3, 0.4) is 0 Å². The molecule has 2 aromatic rings. The summed E-state index contributed by atoms with van der Waals surface area (Å²) < 4.78 is 0. The molecule has 1 amide bonds. The van der Waals surface area contributed by atoms with Gasteiger partial charge in [0.15, 0.2) is 0 Å². The Balaban J connectivity index is 1.83. The van der Waals surface area contributed by atoms with Crippen molar-refractivity contribution in [2.24, 2.45) is 5.92 Å². The molecule has 1 fully saturated rings. The second kappa shape index (κ2) is 5.84. The number of anilines is 1. The topological polar surface area (TPSA) is 82.5 Å². The molecule has 3 heterocycles. The zero-order valence-corrected chi connectivity index (χ0v) is 12.7. The van der Waals surface area contributed by atoms with Gasteiger partial charge in [-0.2, -0.15) is 0 Å². The lowest BCUT2D eigenvalue weighted by Crippen LogP contribution is -2.28. The monoisotopic (exact) mass is 301 g/mol. The fourth-order valence-electron chi connectivity index (χ4n) is 2.78. The Bertz CT molecular complexity index is 685. The number of pyridine rings is 1. The third-order valence-electron chi connectivity index (χ3n) is 4.06. The summed E-state index contributed by atoms with van der Waals surface area (Å²) >= 11 is 0. The number of hydrogen-bond donors (Lipinski definition) is 1. The van der Waals surface area contributed by atoms with Crippen molar-refractivity contribution in [3.63, 3.8) is 0 Å². The number of fused-ring (bicyclic) bond motifs is 1. The van der Waals surface area contributed by atoms with E-state index in [0.717, 1.165) is 16.7 Å². The van der Waals surface area contributed by atoms with Crippen LogP contribution in [0, 0.1) is 5.92 Å². The van der Waals surface area contributed by atoms with Gasteiger partial charge < -0.3 is 14.9 Å². The Labute approximate surface area is 128 Å². The molecule has 3 rings (SSSR count). The van der Waals surface area contributed by atoms with Gasteiger partial charge in [0, 0.05) is 51.1 Å². The van der Waals surface area contributed by atoms with Crippen LogP contribution in [-0.4, -0.2) is 64.2 Å². The molecule has 2 atom stereocenters. The number of carbonyl (C=O) groups excluding carboxylic acids is 1. The van der Waals surface area contributed by atoms with Crippen LogP contribution >= 0.6 is 0 Å². The Morgan fingerprint density at radius 3 is 3.00 bits per heavy atom. The average Bonchev–Trinajstić information content (AvgIpc) is 2.87. The highest BCUT2D eigenvalue weighted by Crippen LogP contribution is 2.29. The van der Waals surface area contributed by atoms with Crippen molar-refractivity contribution < 1.29 is 9.90 Å². The number of nitrogens with zero attached hydrogens (tertiary/aromatic N) is 5. The SMILES string of the molecule is CN(C)C(=O)C[C@@H]1CN(c2ncnc3cnccc23)C[C@H]1O. The first-order valence-electron chi connectivity index (χ1n) is 7.24. The number of rotatable bonds is 3. The van der Waals surface area contributed by atoms with Crippen molar-refractivity contribution in [3.05, 3.63) is 24.8 Å². The lowest BCUT2D eigenvalue weighted by Gasteiger charge is -2.19. The Kier molecular flexibility index (Phi) is 3.89. The van der Waals surface area contributed by atoms with Gasteiger partial charge in [0.05, 0.1) is 17.8 Å². The summed E-state index contributed by atoms with van der Waals surface area (Å²) in [7, 11) is 3.46. The predicted molar refractivity (Wildman–Crippen MR) is 82.4 cm³/mol. The second-order valence-electron chi connectivity index (χ2n) is 5.81. The lowest BCUT2D eigenvalue weighted by molar-refractivity contribution is -0.130. The van der Waals surface area contributed by atoms with Crippen LogP contribution in [0.25, 0.3) is 10.9 Å². The van der Waals surface area contributed by atoms with Gasteiger partial charge in [0.2, 0.25) is 5.91 Å². The van der Waals surface area contributed by atoms with E-state index in [4.69, 9.17) is 0 Å². The average molecular weight is 301 g/mol. The number of aromatic nitrogens is 3. The number of carbonyl (C=O) groups is 1. The van der Waals surface area contributed by atoms with Crippen molar-refractivity contribution in [1.82, 2.24) is 19.9 Å². The van der Waals surface area contributed by atoms with Crippen molar-refractivity contribution in [1.29, 1.82) is 0 Å². The summed E-state index contributed by atoms with van der Waals surface area (Å²) in [6.45, 7) is 1.08. The summed E-state index contributed by atoms with van der Waals surface area (Å²) in [5, 5.41) is 11.2. The zero-order valence-electron chi connectivity index (χ0n) is 12.7. The minimum Gasteiger partial charge on any atom is -0.391 e. The van der Waals surface area contributed by atoms with Gasteiger partial charge in [-0.05, 0) is 6.07 Å². The van der Waals surface area contributed by atoms with Crippen LogP contribution in [0.5, 0.6) is 0 Å². The van der Waals surface area contributed by atoms with Crippen LogP contribution < -0.4 is 4.90 Å². The predicted octanol–water partition coefficient (Wildman–Crippen LogP) is 0.300. The normalized spacial score (nSPS) is 21.3. The van der Waals surface area contributed by atoms with E-state index >= 15 is 0 Å². The minimum atomic E-state index is -0.532. The van der Waals surface area contributed by atoms with E-state index in [0.29, 0.717) is 19.5 Å². The Morgan fingerprint density at radius 2 is 2.23 bits per heavy atom. The highest BCUT2D eigenvalue weighted by molar-refractivity contribution is 5.88. The highest BCUT2D eigenvalue weighted by atomic mass is 16.3. The molecular weight excluding hydrogens is 282 g/mol. The van der Waals surface area contributed by atoms with Crippen LogP contribution in [-0.2, 0) is 4.79 Å². The van der Waals surface area contributed by atoms with E-state index in [-0.39, 0.29) is 11.8 Å². The third kappa shape index (κ3) is 2.71. The number of β-amino-alcohol motifs (C(OH)–C–C–N with tert-alkyl or cyclic N) is 1. The molecule has 1 N–H and O–H groups in total. The fraction of sp³-hybridized carbons (Fsp3) is 0.467. The summed E-state index contributed by atoms with van der Waals surface area (Å²) in [4.78, 5) is 28.0. The van der Waals surface area contributed by atoms with Gasteiger partial charge in [-0.25, -0.2) is 9.97 Å². The molecule has 0 aliphatic carbocycles. The van der Waals surface area contributed by atoms with Crippen molar-refractivity contribution in [2.75, 3.05) is 32.1 Å². The maximum atomic E-state index is 11.9. The zero-order chi connectivity index (χ0) is 15.7. The maximum absolute atomic E-state index is 11.9. The molecule has 7 nitrogen and oxygen atoms in total. The molecular formula is C15H19N5O2. The fourth-order valence-corrected chi connectivity index (χ4v) is 2.78. The summed E-state index contributed by atoms with van der Waals surface area (Å²) in [5.41, 5.74) is 0.773. The lowest BCUT2D eigenvalue weighted by atomic mass is 10.0. The first-order valence-corrected chi connectivity index (χ1v) is 7.24. The Hall–Kier alpha value is -2.28. The van der Waals surface area contributed by atoms with E-state index in [1.807, 2.05) is 11.0 Å². The number of aliphatic hydroxyl groups excluding tert-OH is 1. The minimum absolute atomic E-state index is 0.0302. The first kappa shape index (κ1) is 14.6. The highest BCUT2D eigenvalue weighted by Gasteiger charge is 2.34. The van der Waals surface area contributed by atoms with E-state index in [9.17, 15) is 9.90 Å². The molecule has 0 aromatic carbocycles. The molecule has 1 saturated heterocycles. The third-order valence-corrected chi connectivity index (χ3v) is 4.06. The van der Waals surface area contributed by atoms with Crippen LogP contribution in [0.2, 0.25) is 0 Å². The van der Waals surface area contributed by atoms with Crippen LogP contribution in [0.4, 0.5) is 5.82 Å². The van der Waals surface area contributed by atoms with E-state index in [2.05, 4.69) is 15.0 Å². The number of amides is 1. The quantitative estimate of drug-likeness (QED) is 0.878. The van der Waals surface area contributed by atoms with E-state index in [1.165, 1.54) is 6.33 Å². The number of aliphatic hydroxyl groups is 1. The van der Waals surface area contributed by atoms with E-state index < -0.39 is 6.10 Å². The van der Waals surface area contributed by atoms with Gasteiger partial charge >= 0.3 is 0 Å². The standard InChI is InChI=1S/C15H19N5O2/c1-19(2)14(22)5-10-7-20(8-13(10)21)15-11-3-4-16-6-12(11)17-9-18-15/h3-4,6,9-10,13,21H,5,7-8H2,1-2H3/t10-,13-/m1/s1. The van der Waals surface area contributed by atoms with Crippen molar-refractivity contribution in [2.45, 2.75) is 12.5 Å². The molecule has 7 heteroatoms. The number of hydrogen-bond acceptors (Lipinski definition) is 6. The molecule has 2 aromatic heterocycles. The van der Waals surface area contributed by atoms with Crippen molar-refractivity contribution in [3.8, 4) is 0 Å². The van der Waals surface area contributed by atoms with Gasteiger partial charge in [-0.15, -0.1) is 0 Å². The molecule has 22 heavy (non-hydrogen) atoms. The largest absolute Gasteiger partial charge is 0.391 e. The second-order valence-corrected chi connectivity index (χ2v) is 5.81. The first-order chi connectivity index (χ1) is 10.6. The summed E-state index contributed by atoms with van der Waals surface area (Å²) in [6.07, 6.45) is 4.71. The smallest absolute Gasteiger partial charge is 0.222 e. The van der Waals surface area contributed by atoms with Crippen molar-refractivity contribution >= 4 is 22.6 Å². The molecule has 0 spiro atoms. The van der Waals surface area contributed by atoms with E-state index in [1.54, 1.807) is 31.4 Å². The molecule has 0 unspecified atom stereocenters. The molecule has 0 bridgehead atoms. The molecule has 0 radical (unpaired) electrons. The Morgan fingerprint density at radius 1 is 1.41 bits per heavy atom. The summed E-state index contributed by atoms with van der Waals surface area (Å²) in [6, 6.07) is 1.87. The van der Waals surface area contributed by atoms with Gasteiger partial charge in [0.1, 0.15) is 12.1 Å². The molecule has 1 aliphatic heterocycles.